The molecule has 2 aromatic heterocycles. The van der Waals surface area contributed by atoms with Crippen LogP contribution in [0.3, 0.4) is 0 Å². The Balaban J connectivity index is 1.54. The first-order chi connectivity index (χ1) is 14.4. The zero-order valence-corrected chi connectivity index (χ0v) is 18.0. The van der Waals surface area contributed by atoms with Crippen molar-refractivity contribution in [2.75, 3.05) is 23.7 Å². The number of hydrogen-bond donors (Lipinski definition) is 0. The lowest BCUT2D eigenvalue weighted by molar-refractivity contribution is -0.139. The summed E-state index contributed by atoms with van der Waals surface area (Å²) in [5.74, 6) is 0.761. The molecule has 158 valence electrons. The van der Waals surface area contributed by atoms with Gasteiger partial charge in [-0.3, -0.25) is 9.10 Å². The van der Waals surface area contributed by atoms with Crippen LogP contribution in [0.5, 0.6) is 5.75 Å². The highest BCUT2D eigenvalue weighted by molar-refractivity contribution is 7.92. The molecular weight excluding hydrogens is 428 g/mol. The first kappa shape index (κ1) is 20.4. The number of sulfonamides is 1. The van der Waals surface area contributed by atoms with Gasteiger partial charge in [0.15, 0.2) is 6.10 Å². The topological polar surface area (TPSA) is 106 Å². The molecule has 4 rings (SSSR count). The molecule has 11 heteroatoms. The van der Waals surface area contributed by atoms with Crippen molar-refractivity contribution in [2.45, 2.75) is 19.6 Å². The molecule has 1 aromatic carbocycles. The summed E-state index contributed by atoms with van der Waals surface area (Å²) in [5, 5.41) is 5.88. The number of aromatic nitrogens is 2. The summed E-state index contributed by atoms with van der Waals surface area (Å²) < 4.78 is 36.9. The molecule has 0 aliphatic carbocycles. The summed E-state index contributed by atoms with van der Waals surface area (Å²) in [6.07, 6.45) is 0.132. The normalized spacial score (nSPS) is 16.1. The number of carbonyl (C=O) groups excluding carboxylic acids is 1. The lowest BCUT2D eigenvalue weighted by Crippen LogP contribution is -2.51. The standard InChI is InChI=1S/C19H20N4O5S2/c1-3-22(12-17-20-18(21-28-17)16-9-6-10-29-16)19(24)15-11-23(30(2,25)26)13-7-4-5-8-14(13)27-15/h4-10,15H,3,11-12H2,1-2H3/t15-/m1/s1. The Bertz CT molecular complexity index is 1140. The van der Waals surface area contributed by atoms with Gasteiger partial charge in [-0.05, 0) is 30.5 Å². The van der Waals surface area contributed by atoms with Gasteiger partial charge in [0.05, 0.1) is 23.4 Å². The van der Waals surface area contributed by atoms with Crippen LogP contribution >= 0.6 is 11.3 Å². The lowest BCUT2D eigenvalue weighted by Gasteiger charge is -2.35. The Morgan fingerprint density at radius 3 is 2.80 bits per heavy atom. The van der Waals surface area contributed by atoms with Gasteiger partial charge in [-0.25, -0.2) is 8.42 Å². The first-order valence-electron chi connectivity index (χ1n) is 9.25. The highest BCUT2D eigenvalue weighted by atomic mass is 32.2. The molecule has 0 radical (unpaired) electrons. The molecule has 0 saturated heterocycles. The second-order valence-electron chi connectivity index (χ2n) is 6.71. The SMILES string of the molecule is CCN(Cc1nc(-c2cccs2)no1)C(=O)[C@H]1CN(S(C)(=O)=O)c2ccccc2O1. The van der Waals surface area contributed by atoms with Gasteiger partial charge in [-0.15, -0.1) is 11.3 Å². The number of ether oxygens (including phenoxy) is 1. The maximum Gasteiger partial charge on any atom is 0.266 e. The quantitative estimate of drug-likeness (QED) is 0.570. The number of anilines is 1. The van der Waals surface area contributed by atoms with E-state index in [1.54, 1.807) is 24.3 Å². The van der Waals surface area contributed by atoms with Crippen molar-refractivity contribution in [3.05, 3.63) is 47.7 Å². The molecule has 0 N–H and O–H groups in total. The van der Waals surface area contributed by atoms with E-state index in [0.29, 0.717) is 29.7 Å². The Morgan fingerprint density at radius 1 is 1.30 bits per heavy atom. The van der Waals surface area contributed by atoms with Crippen LogP contribution in [-0.2, 0) is 21.4 Å². The molecule has 1 aliphatic heterocycles. The van der Waals surface area contributed by atoms with Crippen molar-refractivity contribution < 1.29 is 22.5 Å². The Labute approximate surface area is 177 Å². The van der Waals surface area contributed by atoms with Crippen molar-refractivity contribution in [1.82, 2.24) is 15.0 Å². The maximum atomic E-state index is 13.1. The highest BCUT2D eigenvalue weighted by Gasteiger charge is 2.37. The van der Waals surface area contributed by atoms with Crippen LogP contribution in [0, 0.1) is 0 Å². The van der Waals surface area contributed by atoms with Gasteiger partial charge in [-0.2, -0.15) is 4.98 Å². The molecule has 1 atom stereocenters. The molecule has 0 saturated carbocycles. The van der Waals surface area contributed by atoms with Crippen molar-refractivity contribution in [3.63, 3.8) is 0 Å². The zero-order chi connectivity index (χ0) is 21.3. The Morgan fingerprint density at radius 2 is 2.10 bits per heavy atom. The van der Waals surface area contributed by atoms with E-state index in [4.69, 9.17) is 9.26 Å². The van der Waals surface area contributed by atoms with Gasteiger partial charge in [0, 0.05) is 6.54 Å². The Kier molecular flexibility index (Phi) is 5.48. The fraction of sp³-hybridized carbons (Fsp3) is 0.316. The van der Waals surface area contributed by atoms with E-state index in [2.05, 4.69) is 10.1 Å². The molecule has 30 heavy (non-hydrogen) atoms. The lowest BCUT2D eigenvalue weighted by atomic mass is 10.2. The number of fused-ring (bicyclic) bond motifs is 1. The van der Waals surface area contributed by atoms with Crippen molar-refractivity contribution >= 4 is 33.0 Å². The molecule has 9 nitrogen and oxygen atoms in total. The molecule has 3 aromatic rings. The van der Waals surface area contributed by atoms with E-state index in [9.17, 15) is 13.2 Å². The first-order valence-corrected chi connectivity index (χ1v) is 12.0. The van der Waals surface area contributed by atoms with Gasteiger partial charge in [0.1, 0.15) is 12.3 Å². The third-order valence-electron chi connectivity index (χ3n) is 4.64. The summed E-state index contributed by atoms with van der Waals surface area (Å²) >= 11 is 1.49. The van der Waals surface area contributed by atoms with Gasteiger partial charge in [-0.1, -0.05) is 23.4 Å². The molecule has 0 unspecified atom stereocenters. The molecular formula is C19H20N4O5S2. The summed E-state index contributed by atoms with van der Waals surface area (Å²) in [4.78, 5) is 19.9. The van der Waals surface area contributed by atoms with Gasteiger partial charge in [0.2, 0.25) is 21.7 Å². The largest absolute Gasteiger partial charge is 0.476 e. The smallest absolute Gasteiger partial charge is 0.266 e. The predicted octanol–water partition coefficient (Wildman–Crippen LogP) is 2.37. The highest BCUT2D eigenvalue weighted by Crippen LogP contribution is 2.35. The zero-order valence-electron chi connectivity index (χ0n) is 16.4. The predicted molar refractivity (Wildman–Crippen MR) is 112 cm³/mol. The second-order valence-corrected chi connectivity index (χ2v) is 9.56. The number of amides is 1. The van der Waals surface area contributed by atoms with E-state index >= 15 is 0 Å². The Hall–Kier alpha value is -2.92. The average Bonchev–Trinajstić information content (AvgIpc) is 3.41. The van der Waals surface area contributed by atoms with Crippen molar-refractivity contribution in [3.8, 4) is 16.5 Å². The third-order valence-corrected chi connectivity index (χ3v) is 6.65. The fourth-order valence-electron chi connectivity index (χ4n) is 3.18. The van der Waals surface area contributed by atoms with E-state index in [1.807, 2.05) is 24.4 Å². The summed E-state index contributed by atoms with van der Waals surface area (Å²) in [6, 6.07) is 10.5. The molecule has 0 fully saturated rings. The van der Waals surface area contributed by atoms with Crippen LogP contribution in [0.25, 0.3) is 10.7 Å². The van der Waals surface area contributed by atoms with Crippen LogP contribution < -0.4 is 9.04 Å². The number of hydrogen-bond acceptors (Lipinski definition) is 8. The monoisotopic (exact) mass is 448 g/mol. The number of nitrogens with zero attached hydrogens (tertiary/aromatic N) is 4. The molecule has 1 amide bonds. The van der Waals surface area contributed by atoms with E-state index in [-0.39, 0.29) is 19.0 Å². The summed E-state index contributed by atoms with van der Waals surface area (Å²) in [7, 11) is -3.58. The van der Waals surface area contributed by atoms with Gasteiger partial charge in [0.25, 0.3) is 5.91 Å². The fourth-order valence-corrected chi connectivity index (χ4v) is 4.75. The van der Waals surface area contributed by atoms with Crippen LogP contribution in [0.1, 0.15) is 12.8 Å². The number of likely N-dealkylation sites (N-methyl/N-ethyl adjacent to an activating group) is 1. The van der Waals surface area contributed by atoms with Crippen LogP contribution in [0.15, 0.2) is 46.3 Å². The number of thiophene rings is 1. The number of rotatable bonds is 6. The number of carbonyl (C=O) groups is 1. The van der Waals surface area contributed by atoms with Crippen LogP contribution in [0.2, 0.25) is 0 Å². The summed E-state index contributed by atoms with van der Waals surface area (Å²) in [5.41, 5.74) is 0.421. The van der Waals surface area contributed by atoms with Crippen molar-refractivity contribution in [1.29, 1.82) is 0 Å². The van der Waals surface area contributed by atoms with Gasteiger partial charge >= 0.3 is 0 Å². The minimum absolute atomic E-state index is 0.102. The third kappa shape index (κ3) is 4.03. The molecule has 0 bridgehead atoms. The van der Waals surface area contributed by atoms with E-state index in [1.165, 1.54) is 20.5 Å². The van der Waals surface area contributed by atoms with E-state index in [0.717, 1.165) is 11.1 Å². The van der Waals surface area contributed by atoms with Crippen LogP contribution in [-0.4, -0.2) is 54.8 Å². The number of para-hydroxylation sites is 2. The number of benzene rings is 1. The average molecular weight is 449 g/mol. The molecule has 1 aliphatic rings. The minimum atomic E-state index is -3.58. The van der Waals surface area contributed by atoms with Gasteiger partial charge < -0.3 is 14.2 Å². The second kappa shape index (κ2) is 8.07. The van der Waals surface area contributed by atoms with Crippen LogP contribution in [0.4, 0.5) is 5.69 Å². The van der Waals surface area contributed by atoms with E-state index < -0.39 is 16.1 Å². The molecule has 0 spiro atoms. The summed E-state index contributed by atoms with van der Waals surface area (Å²) in [6.45, 7) is 2.19. The minimum Gasteiger partial charge on any atom is -0.476 e. The molecule has 3 heterocycles. The van der Waals surface area contributed by atoms with Crippen molar-refractivity contribution in [2.24, 2.45) is 0 Å². The maximum absolute atomic E-state index is 13.1.